The highest BCUT2D eigenvalue weighted by molar-refractivity contribution is 8.26. The van der Waals surface area contributed by atoms with E-state index in [9.17, 15) is 0 Å². The molecule has 2 aromatic rings. The molecule has 5 N–H and O–H groups in total. The van der Waals surface area contributed by atoms with Gasteiger partial charge in [-0.15, -0.1) is 0 Å². The summed E-state index contributed by atoms with van der Waals surface area (Å²) in [5, 5.41) is 16.3. The monoisotopic (exact) mass is 232 g/mol. The van der Waals surface area contributed by atoms with Crippen molar-refractivity contribution in [1.29, 1.82) is 10.8 Å². The van der Waals surface area contributed by atoms with Crippen LogP contribution >= 0.6 is 11.8 Å². The normalized spacial score (nSPS) is 10.6. The number of aryl methyl sites for hydroxylation is 1. The summed E-state index contributed by atoms with van der Waals surface area (Å²) < 4.78 is 0. The van der Waals surface area contributed by atoms with Crippen LogP contribution in [0, 0.1) is 17.7 Å². The van der Waals surface area contributed by atoms with Gasteiger partial charge in [0.1, 0.15) is 5.04 Å². The third-order valence-corrected chi connectivity index (χ3v) is 3.02. The second kappa shape index (κ2) is 4.02. The SMILES string of the molecule is Cc1c[nH]c2ccc(C(=N)SC(=N)N)cc12. The fourth-order valence-electron chi connectivity index (χ4n) is 1.57. The van der Waals surface area contributed by atoms with E-state index in [4.69, 9.17) is 16.6 Å². The minimum atomic E-state index is -0.0594. The Morgan fingerprint density at radius 3 is 2.81 bits per heavy atom. The number of nitrogens with one attached hydrogen (secondary N) is 3. The lowest BCUT2D eigenvalue weighted by atomic mass is 10.1. The number of hydrogen-bond acceptors (Lipinski definition) is 3. The van der Waals surface area contributed by atoms with Crippen LogP contribution in [0.5, 0.6) is 0 Å². The molecule has 0 atom stereocenters. The highest BCUT2D eigenvalue weighted by Crippen LogP contribution is 2.21. The summed E-state index contributed by atoms with van der Waals surface area (Å²) in [5.74, 6) is 0. The van der Waals surface area contributed by atoms with E-state index in [-0.39, 0.29) is 5.17 Å². The molecule has 0 aliphatic rings. The first-order valence-corrected chi connectivity index (χ1v) is 5.58. The molecule has 0 bridgehead atoms. The zero-order valence-electron chi connectivity index (χ0n) is 8.79. The zero-order valence-corrected chi connectivity index (χ0v) is 9.61. The quantitative estimate of drug-likeness (QED) is 0.449. The standard InChI is InChI=1S/C11H12N4S/c1-6-5-15-9-3-2-7(4-8(6)9)10(12)16-11(13)14/h2-5,12,15H,1H3,(H3,13,14). The van der Waals surface area contributed by atoms with Gasteiger partial charge in [0.25, 0.3) is 0 Å². The van der Waals surface area contributed by atoms with E-state index in [0.717, 1.165) is 33.8 Å². The van der Waals surface area contributed by atoms with Gasteiger partial charge in [0.15, 0.2) is 5.17 Å². The highest BCUT2D eigenvalue weighted by atomic mass is 32.2. The van der Waals surface area contributed by atoms with Crippen LogP contribution in [-0.2, 0) is 0 Å². The largest absolute Gasteiger partial charge is 0.378 e. The lowest BCUT2D eigenvalue weighted by Gasteiger charge is -2.02. The molecule has 0 saturated heterocycles. The summed E-state index contributed by atoms with van der Waals surface area (Å²) in [6, 6.07) is 5.74. The molecule has 4 nitrogen and oxygen atoms in total. The second-order valence-corrected chi connectivity index (χ2v) is 4.58. The van der Waals surface area contributed by atoms with Crippen LogP contribution in [0.25, 0.3) is 10.9 Å². The van der Waals surface area contributed by atoms with Gasteiger partial charge < -0.3 is 10.7 Å². The number of thioether (sulfide) groups is 1. The van der Waals surface area contributed by atoms with Crippen molar-refractivity contribution in [2.75, 3.05) is 0 Å². The molecule has 82 valence electrons. The number of benzene rings is 1. The number of hydrogen-bond donors (Lipinski definition) is 4. The van der Waals surface area contributed by atoms with E-state index in [2.05, 4.69) is 4.98 Å². The van der Waals surface area contributed by atoms with E-state index in [1.54, 1.807) is 0 Å². The molecule has 0 saturated carbocycles. The fraction of sp³-hybridized carbons (Fsp3) is 0.0909. The zero-order chi connectivity index (χ0) is 11.7. The lowest BCUT2D eigenvalue weighted by molar-refractivity contribution is 1.43. The van der Waals surface area contributed by atoms with Gasteiger partial charge in [-0.3, -0.25) is 10.8 Å². The van der Waals surface area contributed by atoms with Crippen LogP contribution in [0.15, 0.2) is 24.4 Å². The van der Waals surface area contributed by atoms with Crippen LogP contribution < -0.4 is 5.73 Å². The van der Waals surface area contributed by atoms with Crippen LogP contribution in [0.3, 0.4) is 0 Å². The van der Waals surface area contributed by atoms with Crippen molar-refractivity contribution in [2.24, 2.45) is 5.73 Å². The maximum absolute atomic E-state index is 7.79. The Balaban J connectivity index is 2.42. The first kappa shape index (κ1) is 10.8. The summed E-state index contributed by atoms with van der Waals surface area (Å²) in [5.41, 5.74) is 8.25. The Morgan fingerprint density at radius 1 is 1.38 bits per heavy atom. The van der Waals surface area contributed by atoms with Crippen molar-refractivity contribution in [1.82, 2.24) is 4.98 Å². The smallest absolute Gasteiger partial charge is 0.157 e. The number of H-pyrrole nitrogens is 1. The summed E-state index contributed by atoms with van der Waals surface area (Å²) in [6.07, 6.45) is 1.94. The van der Waals surface area contributed by atoms with Crippen molar-refractivity contribution in [3.05, 3.63) is 35.5 Å². The molecule has 0 spiro atoms. The van der Waals surface area contributed by atoms with Crippen LogP contribution in [0.2, 0.25) is 0 Å². The molecule has 1 aromatic heterocycles. The summed E-state index contributed by atoms with van der Waals surface area (Å²) in [7, 11) is 0. The minimum Gasteiger partial charge on any atom is -0.378 e. The third-order valence-electron chi connectivity index (χ3n) is 2.36. The van der Waals surface area contributed by atoms with Gasteiger partial charge in [-0.05, 0) is 36.4 Å². The average molecular weight is 232 g/mol. The summed E-state index contributed by atoms with van der Waals surface area (Å²) in [4.78, 5) is 3.15. The maximum atomic E-state index is 7.79. The van der Waals surface area contributed by atoms with E-state index >= 15 is 0 Å². The minimum absolute atomic E-state index is 0.0594. The van der Waals surface area contributed by atoms with E-state index in [1.807, 2.05) is 31.3 Å². The van der Waals surface area contributed by atoms with Gasteiger partial charge in [-0.25, -0.2) is 0 Å². The van der Waals surface area contributed by atoms with Gasteiger partial charge in [-0.2, -0.15) is 0 Å². The molecular weight excluding hydrogens is 220 g/mol. The molecule has 16 heavy (non-hydrogen) atoms. The summed E-state index contributed by atoms with van der Waals surface area (Å²) in [6.45, 7) is 2.02. The van der Waals surface area contributed by atoms with Crippen LogP contribution in [0.1, 0.15) is 11.1 Å². The maximum Gasteiger partial charge on any atom is 0.157 e. The number of fused-ring (bicyclic) bond motifs is 1. The predicted octanol–water partition coefficient (Wildman–Crippen LogP) is 2.43. The Labute approximate surface area is 97.3 Å². The van der Waals surface area contributed by atoms with Gasteiger partial charge in [0, 0.05) is 22.7 Å². The van der Waals surface area contributed by atoms with E-state index in [1.165, 1.54) is 0 Å². The molecule has 0 unspecified atom stereocenters. The Bertz CT molecular complexity index is 570. The molecule has 2 rings (SSSR count). The number of nitrogens with two attached hydrogens (primary N) is 1. The molecule has 5 heteroatoms. The van der Waals surface area contributed by atoms with Crippen LogP contribution in [-0.4, -0.2) is 15.2 Å². The van der Waals surface area contributed by atoms with Gasteiger partial charge in [-0.1, -0.05) is 6.07 Å². The Hall–Kier alpha value is -1.75. The van der Waals surface area contributed by atoms with Crippen molar-refractivity contribution < 1.29 is 0 Å². The fourth-order valence-corrected chi connectivity index (χ4v) is 2.03. The molecular formula is C11H12N4S. The first-order chi connectivity index (χ1) is 7.58. The average Bonchev–Trinajstić information content (AvgIpc) is 2.59. The Kier molecular flexibility index (Phi) is 2.70. The Morgan fingerprint density at radius 2 is 2.12 bits per heavy atom. The number of rotatable bonds is 1. The second-order valence-electron chi connectivity index (χ2n) is 3.53. The number of aromatic amines is 1. The third kappa shape index (κ3) is 1.94. The van der Waals surface area contributed by atoms with Crippen molar-refractivity contribution >= 4 is 32.9 Å². The molecule has 1 aromatic carbocycles. The van der Waals surface area contributed by atoms with Crippen molar-refractivity contribution in [2.45, 2.75) is 6.92 Å². The lowest BCUT2D eigenvalue weighted by Crippen LogP contribution is -2.08. The number of amidine groups is 1. The van der Waals surface area contributed by atoms with Crippen molar-refractivity contribution in [3.8, 4) is 0 Å². The predicted molar refractivity (Wildman–Crippen MR) is 69.4 cm³/mol. The first-order valence-electron chi connectivity index (χ1n) is 4.76. The van der Waals surface area contributed by atoms with Gasteiger partial charge in [0.05, 0.1) is 0 Å². The van der Waals surface area contributed by atoms with E-state index in [0.29, 0.717) is 5.04 Å². The molecule has 1 heterocycles. The van der Waals surface area contributed by atoms with Gasteiger partial charge in [0.2, 0.25) is 0 Å². The summed E-state index contributed by atoms with van der Waals surface area (Å²) >= 11 is 0.959. The van der Waals surface area contributed by atoms with E-state index < -0.39 is 0 Å². The molecule has 0 aliphatic heterocycles. The molecule has 0 amide bonds. The molecule has 0 radical (unpaired) electrons. The van der Waals surface area contributed by atoms with Crippen molar-refractivity contribution in [3.63, 3.8) is 0 Å². The van der Waals surface area contributed by atoms with Gasteiger partial charge >= 0.3 is 0 Å². The molecule has 0 fully saturated rings. The molecule has 0 aliphatic carbocycles. The highest BCUT2D eigenvalue weighted by Gasteiger charge is 2.06. The topological polar surface area (TPSA) is 89.5 Å². The van der Waals surface area contributed by atoms with Crippen LogP contribution in [0.4, 0.5) is 0 Å². The number of aromatic nitrogens is 1.